The highest BCUT2D eigenvalue weighted by molar-refractivity contribution is 5.92. The van der Waals surface area contributed by atoms with Crippen molar-refractivity contribution in [2.24, 2.45) is 11.1 Å². The maximum Gasteiger partial charge on any atom is 0.248 e. The summed E-state index contributed by atoms with van der Waals surface area (Å²) < 4.78 is 0. The van der Waals surface area contributed by atoms with E-state index in [-0.39, 0.29) is 17.6 Å². The van der Waals surface area contributed by atoms with E-state index in [1.807, 2.05) is 19.9 Å². The minimum Gasteiger partial charge on any atom is -0.392 e. The van der Waals surface area contributed by atoms with E-state index in [0.29, 0.717) is 42.3 Å². The fourth-order valence-corrected chi connectivity index (χ4v) is 3.17. The first-order chi connectivity index (χ1) is 13.3. The number of nitrogens with one attached hydrogen (secondary N) is 2. The number of aliphatic hydroxyl groups is 1. The summed E-state index contributed by atoms with van der Waals surface area (Å²) in [6.45, 7) is 4.51. The Balaban J connectivity index is 1.64. The van der Waals surface area contributed by atoms with Gasteiger partial charge in [-0.15, -0.1) is 0 Å². The molecule has 5 N–H and O–H groups in total. The molecular formula is C20H24N6O2. The molecule has 0 bridgehead atoms. The number of nitriles is 1. The number of benzene rings is 1. The van der Waals surface area contributed by atoms with Crippen molar-refractivity contribution < 1.29 is 9.90 Å². The molecular weight excluding hydrogens is 356 g/mol. The lowest BCUT2D eigenvalue weighted by atomic mass is 9.64. The van der Waals surface area contributed by atoms with Gasteiger partial charge < -0.3 is 21.5 Å². The van der Waals surface area contributed by atoms with Crippen LogP contribution in [-0.2, 0) is 6.42 Å². The van der Waals surface area contributed by atoms with E-state index in [9.17, 15) is 15.2 Å². The number of anilines is 2. The van der Waals surface area contributed by atoms with Gasteiger partial charge in [-0.3, -0.25) is 4.79 Å². The Kier molecular flexibility index (Phi) is 5.47. The molecule has 0 radical (unpaired) electrons. The number of nitrogens with zero attached hydrogens (tertiary/aromatic N) is 3. The zero-order valence-electron chi connectivity index (χ0n) is 15.9. The predicted octanol–water partition coefficient (Wildman–Crippen LogP) is 1.67. The lowest BCUT2D eigenvalue weighted by molar-refractivity contribution is -0.0511. The largest absolute Gasteiger partial charge is 0.392 e. The van der Waals surface area contributed by atoms with E-state index in [2.05, 4.69) is 26.7 Å². The molecule has 0 spiro atoms. The average Bonchev–Trinajstić information content (AvgIpc) is 2.68. The number of carbonyl (C=O) groups is 1. The molecule has 0 saturated heterocycles. The highest BCUT2D eigenvalue weighted by Crippen LogP contribution is 2.42. The van der Waals surface area contributed by atoms with Crippen LogP contribution in [0.1, 0.15) is 41.8 Å². The van der Waals surface area contributed by atoms with Crippen LogP contribution >= 0.6 is 0 Å². The monoisotopic (exact) mass is 380 g/mol. The fourth-order valence-electron chi connectivity index (χ4n) is 3.17. The van der Waals surface area contributed by atoms with Crippen LogP contribution in [-0.4, -0.2) is 39.7 Å². The van der Waals surface area contributed by atoms with Gasteiger partial charge in [0.1, 0.15) is 17.5 Å². The quantitative estimate of drug-likeness (QED) is 0.573. The van der Waals surface area contributed by atoms with E-state index < -0.39 is 5.91 Å². The zero-order valence-corrected chi connectivity index (χ0v) is 15.9. The van der Waals surface area contributed by atoms with Crippen LogP contribution in [0.3, 0.4) is 0 Å². The maximum atomic E-state index is 11.3. The lowest BCUT2D eigenvalue weighted by Gasteiger charge is -2.49. The van der Waals surface area contributed by atoms with Crippen molar-refractivity contribution in [2.45, 2.75) is 38.8 Å². The van der Waals surface area contributed by atoms with Crippen molar-refractivity contribution in [1.82, 2.24) is 9.97 Å². The number of carbonyl (C=O) groups excluding carboxylic acids is 1. The number of hydrogen-bond acceptors (Lipinski definition) is 7. The number of rotatable bonds is 7. The van der Waals surface area contributed by atoms with Crippen molar-refractivity contribution in [1.29, 1.82) is 5.26 Å². The number of aromatic nitrogens is 2. The second-order valence-electron chi connectivity index (χ2n) is 7.58. The highest BCUT2D eigenvalue weighted by Gasteiger charge is 2.47. The molecule has 146 valence electrons. The minimum atomic E-state index is -0.454. The fraction of sp³-hybridized carbons (Fsp3) is 0.400. The second kappa shape index (κ2) is 7.82. The number of hydrogen-bond donors (Lipinski definition) is 4. The lowest BCUT2D eigenvalue weighted by Crippen LogP contribution is -2.57. The van der Waals surface area contributed by atoms with E-state index >= 15 is 0 Å². The van der Waals surface area contributed by atoms with Crippen LogP contribution < -0.4 is 16.4 Å². The Hall–Kier alpha value is -3.18. The van der Waals surface area contributed by atoms with Gasteiger partial charge in [0.2, 0.25) is 11.9 Å². The number of primary amides is 1. The van der Waals surface area contributed by atoms with Crippen LogP contribution in [0.4, 0.5) is 11.8 Å². The molecule has 1 saturated carbocycles. The van der Waals surface area contributed by atoms with Gasteiger partial charge in [-0.1, -0.05) is 26.0 Å². The SMILES string of the molecule is CC1(C)[C@@H](O)C[C@H]1Nc1nc(NCCc2cccc(C(N)=O)c2)ncc1C#N. The normalized spacial score (nSPS) is 19.9. The van der Waals surface area contributed by atoms with Crippen LogP contribution in [0.2, 0.25) is 0 Å². The van der Waals surface area contributed by atoms with Crippen LogP contribution in [0, 0.1) is 16.7 Å². The van der Waals surface area contributed by atoms with Gasteiger partial charge in [0.05, 0.1) is 12.3 Å². The molecule has 8 nitrogen and oxygen atoms in total. The summed E-state index contributed by atoms with van der Waals surface area (Å²) in [6.07, 6.45) is 2.38. The van der Waals surface area contributed by atoms with Gasteiger partial charge in [0.15, 0.2) is 0 Å². The first-order valence-corrected chi connectivity index (χ1v) is 9.15. The summed E-state index contributed by atoms with van der Waals surface area (Å²) in [5.74, 6) is 0.413. The number of amides is 1. The van der Waals surface area contributed by atoms with Gasteiger partial charge >= 0.3 is 0 Å². The number of nitrogens with two attached hydrogens (primary N) is 1. The molecule has 2 aromatic rings. The van der Waals surface area contributed by atoms with Crippen molar-refractivity contribution in [3.8, 4) is 6.07 Å². The molecule has 1 aromatic carbocycles. The standard InChI is InChI=1S/C20H24N6O2/c1-20(2)15(9-16(20)27)25-18-14(10-21)11-24-19(26-18)23-7-6-12-4-3-5-13(8-12)17(22)28/h3-5,8,11,15-16,27H,6-7,9H2,1-2H3,(H2,22,28)(H2,23,24,25,26)/t15-,16+/m1/s1. The topological polar surface area (TPSA) is 137 Å². The molecule has 1 heterocycles. The molecule has 8 heteroatoms. The predicted molar refractivity (Wildman–Crippen MR) is 106 cm³/mol. The van der Waals surface area contributed by atoms with E-state index in [0.717, 1.165) is 5.56 Å². The summed E-state index contributed by atoms with van der Waals surface area (Å²) in [5, 5.41) is 25.6. The Morgan fingerprint density at radius 2 is 2.25 bits per heavy atom. The molecule has 1 fully saturated rings. The van der Waals surface area contributed by atoms with Gasteiger partial charge in [0.25, 0.3) is 0 Å². The molecule has 2 atom stereocenters. The Morgan fingerprint density at radius 3 is 2.89 bits per heavy atom. The highest BCUT2D eigenvalue weighted by atomic mass is 16.3. The van der Waals surface area contributed by atoms with E-state index in [1.165, 1.54) is 6.20 Å². The third-order valence-electron chi connectivity index (χ3n) is 5.34. The maximum absolute atomic E-state index is 11.3. The number of aliphatic hydroxyl groups excluding tert-OH is 1. The Bertz CT molecular complexity index is 921. The average molecular weight is 380 g/mol. The van der Waals surface area contributed by atoms with Gasteiger partial charge in [-0.05, 0) is 30.5 Å². The Labute approximate surface area is 163 Å². The third kappa shape index (κ3) is 4.05. The summed E-state index contributed by atoms with van der Waals surface area (Å²) in [6, 6.07) is 9.29. The van der Waals surface area contributed by atoms with Crippen LogP contribution in [0.15, 0.2) is 30.5 Å². The summed E-state index contributed by atoms with van der Waals surface area (Å²) in [4.78, 5) is 19.9. The third-order valence-corrected chi connectivity index (χ3v) is 5.34. The molecule has 0 aliphatic heterocycles. The molecule has 28 heavy (non-hydrogen) atoms. The molecule has 1 aromatic heterocycles. The molecule has 1 amide bonds. The Morgan fingerprint density at radius 1 is 1.46 bits per heavy atom. The van der Waals surface area contributed by atoms with Crippen molar-refractivity contribution in [2.75, 3.05) is 17.2 Å². The summed E-state index contributed by atoms with van der Waals surface area (Å²) in [7, 11) is 0. The summed E-state index contributed by atoms with van der Waals surface area (Å²) in [5.41, 5.74) is 6.83. The summed E-state index contributed by atoms with van der Waals surface area (Å²) >= 11 is 0. The molecule has 0 unspecified atom stereocenters. The molecule has 1 aliphatic carbocycles. The van der Waals surface area contributed by atoms with Crippen LogP contribution in [0.25, 0.3) is 0 Å². The van der Waals surface area contributed by atoms with Crippen molar-refractivity contribution in [3.63, 3.8) is 0 Å². The first kappa shape index (κ1) is 19.6. The first-order valence-electron chi connectivity index (χ1n) is 9.15. The van der Waals surface area contributed by atoms with Gasteiger partial charge in [-0.25, -0.2) is 4.98 Å². The zero-order chi connectivity index (χ0) is 20.3. The van der Waals surface area contributed by atoms with Crippen molar-refractivity contribution in [3.05, 3.63) is 47.2 Å². The smallest absolute Gasteiger partial charge is 0.248 e. The van der Waals surface area contributed by atoms with Gasteiger partial charge in [0, 0.05) is 23.6 Å². The van der Waals surface area contributed by atoms with Crippen molar-refractivity contribution >= 4 is 17.7 Å². The van der Waals surface area contributed by atoms with E-state index in [1.54, 1.807) is 18.2 Å². The van der Waals surface area contributed by atoms with Gasteiger partial charge in [-0.2, -0.15) is 10.2 Å². The molecule has 3 rings (SSSR count). The second-order valence-corrected chi connectivity index (χ2v) is 7.58. The molecule has 1 aliphatic rings. The minimum absolute atomic E-state index is 0.0360. The van der Waals surface area contributed by atoms with Crippen LogP contribution in [0.5, 0.6) is 0 Å². The van der Waals surface area contributed by atoms with E-state index in [4.69, 9.17) is 5.73 Å².